The summed E-state index contributed by atoms with van der Waals surface area (Å²) < 4.78 is 5.42. The van der Waals surface area contributed by atoms with Crippen molar-refractivity contribution >= 4 is 17.6 Å². The fourth-order valence-corrected chi connectivity index (χ4v) is 2.40. The summed E-state index contributed by atoms with van der Waals surface area (Å²) in [6.07, 6.45) is 0.419. The second-order valence-electron chi connectivity index (χ2n) is 5.32. The molecule has 2 rings (SSSR count). The molecule has 0 aliphatic carbocycles. The number of benzene rings is 1. The molecule has 1 aromatic heterocycles. The van der Waals surface area contributed by atoms with E-state index in [9.17, 15) is 9.59 Å². The van der Waals surface area contributed by atoms with E-state index in [1.165, 1.54) is 11.0 Å². The van der Waals surface area contributed by atoms with Gasteiger partial charge >= 0.3 is 5.97 Å². The lowest BCUT2D eigenvalue weighted by molar-refractivity contribution is 0.0694. The standard InChI is InChI=1S/C17H19NO4/c1-5-14-13(17(20)21)9-15(22-14)16(19)18(4)12-7-10(2)6-11(3)8-12/h6-9H,5H2,1-4H3,(H,20,21). The average Bonchev–Trinajstić information content (AvgIpc) is 2.89. The van der Waals surface area contributed by atoms with E-state index < -0.39 is 5.97 Å². The molecular formula is C17H19NO4. The minimum Gasteiger partial charge on any atom is -0.478 e. The Labute approximate surface area is 129 Å². The van der Waals surface area contributed by atoms with Gasteiger partial charge in [0.15, 0.2) is 5.76 Å². The van der Waals surface area contributed by atoms with Crippen molar-refractivity contribution in [3.8, 4) is 0 Å². The number of hydrogen-bond acceptors (Lipinski definition) is 3. The predicted octanol–water partition coefficient (Wildman–Crippen LogP) is 3.43. The molecule has 5 nitrogen and oxygen atoms in total. The third-order valence-electron chi connectivity index (χ3n) is 3.47. The summed E-state index contributed by atoms with van der Waals surface area (Å²) in [5.74, 6) is -1.11. The zero-order chi connectivity index (χ0) is 16.4. The van der Waals surface area contributed by atoms with Crippen molar-refractivity contribution in [1.82, 2.24) is 0 Å². The Kier molecular flexibility index (Phi) is 4.35. The highest BCUT2D eigenvalue weighted by Crippen LogP contribution is 2.22. The van der Waals surface area contributed by atoms with Gasteiger partial charge < -0.3 is 14.4 Å². The molecule has 0 bridgehead atoms. The Hall–Kier alpha value is -2.56. The second-order valence-corrected chi connectivity index (χ2v) is 5.32. The van der Waals surface area contributed by atoms with Crippen LogP contribution in [-0.2, 0) is 6.42 Å². The van der Waals surface area contributed by atoms with Crippen molar-refractivity contribution in [2.75, 3.05) is 11.9 Å². The fourth-order valence-electron chi connectivity index (χ4n) is 2.40. The quantitative estimate of drug-likeness (QED) is 0.939. The Balaban J connectivity index is 2.36. The maximum atomic E-state index is 12.5. The molecule has 2 aromatic rings. The first-order chi connectivity index (χ1) is 10.3. The van der Waals surface area contributed by atoms with Gasteiger partial charge in [-0.1, -0.05) is 13.0 Å². The number of hydrogen-bond donors (Lipinski definition) is 1. The zero-order valence-electron chi connectivity index (χ0n) is 13.1. The van der Waals surface area contributed by atoms with Crippen LogP contribution >= 0.6 is 0 Å². The fraction of sp³-hybridized carbons (Fsp3) is 0.294. The lowest BCUT2D eigenvalue weighted by Gasteiger charge is -2.17. The van der Waals surface area contributed by atoms with E-state index in [1.54, 1.807) is 14.0 Å². The molecule has 1 N–H and O–H groups in total. The van der Waals surface area contributed by atoms with Crippen LogP contribution < -0.4 is 4.90 Å². The molecule has 0 atom stereocenters. The van der Waals surface area contributed by atoms with Crippen molar-refractivity contribution in [3.05, 3.63) is 52.5 Å². The summed E-state index contributed by atoms with van der Waals surface area (Å²) >= 11 is 0. The first-order valence-corrected chi connectivity index (χ1v) is 7.05. The molecule has 0 aliphatic heterocycles. The molecular weight excluding hydrogens is 282 g/mol. The van der Waals surface area contributed by atoms with Gasteiger partial charge in [0.2, 0.25) is 0 Å². The van der Waals surface area contributed by atoms with E-state index in [2.05, 4.69) is 0 Å². The van der Waals surface area contributed by atoms with E-state index in [1.807, 2.05) is 32.0 Å². The molecule has 0 aliphatic rings. The van der Waals surface area contributed by atoms with Gasteiger partial charge in [-0.3, -0.25) is 4.79 Å². The van der Waals surface area contributed by atoms with Gasteiger partial charge in [0.25, 0.3) is 5.91 Å². The Morgan fingerprint density at radius 1 is 1.14 bits per heavy atom. The van der Waals surface area contributed by atoms with Crippen molar-refractivity contribution in [3.63, 3.8) is 0 Å². The molecule has 1 amide bonds. The average molecular weight is 301 g/mol. The molecule has 1 heterocycles. The summed E-state index contributed by atoms with van der Waals surface area (Å²) in [7, 11) is 1.64. The van der Waals surface area contributed by atoms with Crippen LogP contribution in [0, 0.1) is 13.8 Å². The number of carbonyl (C=O) groups is 2. The van der Waals surface area contributed by atoms with Gasteiger partial charge in [-0.2, -0.15) is 0 Å². The lowest BCUT2D eigenvalue weighted by atomic mass is 10.1. The lowest BCUT2D eigenvalue weighted by Crippen LogP contribution is -2.26. The smallest absolute Gasteiger partial charge is 0.339 e. The maximum absolute atomic E-state index is 12.5. The highest BCUT2D eigenvalue weighted by atomic mass is 16.4. The van der Waals surface area contributed by atoms with Crippen LogP contribution in [0.1, 0.15) is 44.7 Å². The molecule has 0 radical (unpaired) electrons. The normalized spacial score (nSPS) is 10.5. The number of aryl methyl sites for hydroxylation is 3. The van der Waals surface area contributed by atoms with E-state index in [0.717, 1.165) is 16.8 Å². The van der Waals surface area contributed by atoms with Crippen LogP contribution in [0.25, 0.3) is 0 Å². The SMILES string of the molecule is CCc1oc(C(=O)N(C)c2cc(C)cc(C)c2)cc1C(=O)O. The summed E-state index contributed by atoms with van der Waals surface area (Å²) in [6.45, 7) is 5.70. The number of furan rings is 1. The number of aromatic carboxylic acids is 1. The van der Waals surface area contributed by atoms with Crippen molar-refractivity contribution in [2.45, 2.75) is 27.2 Å². The summed E-state index contributed by atoms with van der Waals surface area (Å²) in [6, 6.07) is 7.11. The third-order valence-corrected chi connectivity index (χ3v) is 3.47. The molecule has 0 spiro atoms. The first kappa shape index (κ1) is 15.8. The van der Waals surface area contributed by atoms with Crippen LogP contribution in [0.4, 0.5) is 5.69 Å². The Bertz CT molecular complexity index is 710. The number of anilines is 1. The van der Waals surface area contributed by atoms with Gasteiger partial charge in [0.05, 0.1) is 0 Å². The number of nitrogens with zero attached hydrogens (tertiary/aromatic N) is 1. The highest BCUT2D eigenvalue weighted by molar-refractivity contribution is 6.05. The van der Waals surface area contributed by atoms with Crippen LogP contribution in [-0.4, -0.2) is 24.0 Å². The predicted molar refractivity (Wildman–Crippen MR) is 83.7 cm³/mol. The number of carbonyl (C=O) groups excluding carboxylic acids is 1. The van der Waals surface area contributed by atoms with E-state index >= 15 is 0 Å². The molecule has 0 unspecified atom stereocenters. The second kappa shape index (κ2) is 6.05. The van der Waals surface area contributed by atoms with E-state index in [4.69, 9.17) is 9.52 Å². The van der Waals surface area contributed by atoms with Crippen molar-refractivity contribution in [2.24, 2.45) is 0 Å². The largest absolute Gasteiger partial charge is 0.478 e. The topological polar surface area (TPSA) is 70.8 Å². The molecule has 0 saturated carbocycles. The maximum Gasteiger partial charge on any atom is 0.339 e. The number of amides is 1. The van der Waals surface area contributed by atoms with E-state index in [-0.39, 0.29) is 17.2 Å². The number of rotatable bonds is 4. The van der Waals surface area contributed by atoms with Crippen molar-refractivity contribution in [1.29, 1.82) is 0 Å². The molecule has 1 aromatic carbocycles. The van der Waals surface area contributed by atoms with Gasteiger partial charge in [-0.25, -0.2) is 4.79 Å². The zero-order valence-corrected chi connectivity index (χ0v) is 13.1. The van der Waals surface area contributed by atoms with Crippen molar-refractivity contribution < 1.29 is 19.1 Å². The summed E-state index contributed by atoms with van der Waals surface area (Å²) in [5, 5.41) is 9.14. The van der Waals surface area contributed by atoms with Gasteiger partial charge in [0.1, 0.15) is 11.3 Å². The van der Waals surface area contributed by atoms with Gasteiger partial charge in [-0.05, 0) is 37.1 Å². The summed E-state index contributed by atoms with van der Waals surface area (Å²) in [4.78, 5) is 25.1. The van der Waals surface area contributed by atoms with E-state index in [0.29, 0.717) is 12.2 Å². The highest BCUT2D eigenvalue weighted by Gasteiger charge is 2.23. The summed E-state index contributed by atoms with van der Waals surface area (Å²) in [5.41, 5.74) is 2.89. The van der Waals surface area contributed by atoms with Crippen LogP contribution in [0.3, 0.4) is 0 Å². The number of carboxylic acid groups (broad SMARTS) is 1. The molecule has 22 heavy (non-hydrogen) atoms. The van der Waals surface area contributed by atoms with Crippen LogP contribution in [0.15, 0.2) is 28.7 Å². The third kappa shape index (κ3) is 3.03. The monoisotopic (exact) mass is 301 g/mol. The minimum atomic E-state index is -1.09. The first-order valence-electron chi connectivity index (χ1n) is 7.05. The van der Waals surface area contributed by atoms with Crippen LogP contribution in [0.5, 0.6) is 0 Å². The molecule has 5 heteroatoms. The van der Waals surface area contributed by atoms with Crippen LogP contribution in [0.2, 0.25) is 0 Å². The minimum absolute atomic E-state index is 0.0379. The number of carboxylic acids is 1. The molecule has 0 fully saturated rings. The van der Waals surface area contributed by atoms with Gasteiger partial charge in [-0.15, -0.1) is 0 Å². The molecule has 0 saturated heterocycles. The Morgan fingerprint density at radius 3 is 2.18 bits per heavy atom. The van der Waals surface area contributed by atoms with Gasteiger partial charge in [0, 0.05) is 25.2 Å². The Morgan fingerprint density at radius 2 is 1.73 bits per heavy atom. The molecule has 116 valence electrons.